The zero-order valence-corrected chi connectivity index (χ0v) is 13.8. The molecule has 3 heterocycles. The number of amides is 1. The number of carboxylic acids is 1. The highest BCUT2D eigenvalue weighted by Gasteiger charge is 2.34. The molecule has 0 aliphatic carbocycles. The summed E-state index contributed by atoms with van der Waals surface area (Å²) in [6, 6.07) is 2.18. The zero-order chi connectivity index (χ0) is 18.4. The number of ether oxygens (including phenoxy) is 1. The van der Waals surface area contributed by atoms with Crippen LogP contribution in [0.15, 0.2) is 12.1 Å². The third-order valence-electron chi connectivity index (χ3n) is 3.92. The van der Waals surface area contributed by atoms with E-state index in [0.717, 1.165) is 17.4 Å². The van der Waals surface area contributed by atoms with E-state index in [-0.39, 0.29) is 29.4 Å². The number of carbonyl (C=O) groups excluding carboxylic acids is 1. The van der Waals surface area contributed by atoms with Crippen LogP contribution in [0.2, 0.25) is 0 Å². The summed E-state index contributed by atoms with van der Waals surface area (Å²) >= 11 is 0.875. The maximum atomic E-state index is 12.8. The number of carboxylic acid groups (broad SMARTS) is 1. The van der Waals surface area contributed by atoms with Crippen LogP contribution in [-0.4, -0.2) is 52.7 Å². The van der Waals surface area contributed by atoms with E-state index in [1.54, 1.807) is 6.92 Å². The Kier molecular flexibility index (Phi) is 4.41. The van der Waals surface area contributed by atoms with Crippen LogP contribution in [0.5, 0.6) is 0 Å². The van der Waals surface area contributed by atoms with E-state index in [4.69, 9.17) is 9.84 Å². The molecule has 1 N–H and O–H groups in total. The van der Waals surface area contributed by atoms with Gasteiger partial charge in [-0.05, 0) is 24.6 Å². The third kappa shape index (κ3) is 3.31. The summed E-state index contributed by atoms with van der Waals surface area (Å²) < 4.78 is 43.4. The fourth-order valence-electron chi connectivity index (χ4n) is 2.59. The van der Waals surface area contributed by atoms with Gasteiger partial charge in [-0.25, -0.2) is 9.78 Å². The predicted molar refractivity (Wildman–Crippen MR) is 82.6 cm³/mol. The number of halogens is 3. The second kappa shape index (κ2) is 6.26. The number of rotatable bonds is 2. The minimum absolute atomic E-state index is 0.0864. The molecular formula is C15H13F3N2O4S. The number of pyridine rings is 1. The summed E-state index contributed by atoms with van der Waals surface area (Å²) in [5.74, 6) is -1.59. The molecule has 0 aromatic carbocycles. The van der Waals surface area contributed by atoms with Crippen LogP contribution in [0, 0.1) is 6.92 Å². The van der Waals surface area contributed by atoms with Gasteiger partial charge in [-0.15, -0.1) is 11.3 Å². The van der Waals surface area contributed by atoms with Crippen LogP contribution < -0.4 is 0 Å². The van der Waals surface area contributed by atoms with E-state index in [9.17, 15) is 22.8 Å². The molecule has 0 saturated carbocycles. The van der Waals surface area contributed by atoms with Crippen LogP contribution in [0.3, 0.4) is 0 Å². The highest BCUT2D eigenvalue weighted by Crippen LogP contribution is 2.34. The maximum absolute atomic E-state index is 12.8. The number of morpholine rings is 1. The summed E-state index contributed by atoms with van der Waals surface area (Å²) in [4.78, 5) is 29.0. The monoisotopic (exact) mass is 374 g/mol. The van der Waals surface area contributed by atoms with Crippen LogP contribution in [0.1, 0.15) is 20.9 Å². The Hall–Kier alpha value is -2.20. The molecule has 1 aliphatic heterocycles. The van der Waals surface area contributed by atoms with E-state index in [1.807, 2.05) is 0 Å². The van der Waals surface area contributed by atoms with Crippen molar-refractivity contribution in [1.29, 1.82) is 0 Å². The van der Waals surface area contributed by atoms with Gasteiger partial charge in [0.1, 0.15) is 10.5 Å². The van der Waals surface area contributed by atoms with Crippen molar-refractivity contribution in [3.8, 4) is 0 Å². The molecule has 3 rings (SSSR count). The molecule has 0 bridgehead atoms. The second-order valence-corrected chi connectivity index (χ2v) is 6.55. The molecule has 0 spiro atoms. The molecule has 0 radical (unpaired) electrons. The average molecular weight is 374 g/mol. The summed E-state index contributed by atoms with van der Waals surface area (Å²) in [6.45, 7) is 1.83. The van der Waals surface area contributed by atoms with Crippen molar-refractivity contribution in [2.75, 3.05) is 19.7 Å². The number of hydrogen-bond acceptors (Lipinski definition) is 5. The minimum atomic E-state index is -4.56. The highest BCUT2D eigenvalue weighted by molar-refractivity contribution is 7.20. The maximum Gasteiger partial charge on any atom is 0.433 e. The quantitative estimate of drug-likeness (QED) is 0.874. The number of nitrogens with zero attached hydrogens (tertiary/aromatic N) is 2. The molecule has 10 heteroatoms. The number of carbonyl (C=O) groups is 2. The smallest absolute Gasteiger partial charge is 0.433 e. The van der Waals surface area contributed by atoms with Crippen molar-refractivity contribution in [3.05, 3.63) is 28.3 Å². The number of alkyl halides is 3. The summed E-state index contributed by atoms with van der Waals surface area (Å²) in [6.07, 6.45) is -5.67. The van der Waals surface area contributed by atoms with Gasteiger partial charge >= 0.3 is 12.1 Å². The molecule has 134 valence electrons. The largest absolute Gasteiger partial charge is 0.479 e. The Morgan fingerprint density at radius 2 is 2.12 bits per heavy atom. The predicted octanol–water partition coefficient (Wildman–Crippen LogP) is 2.55. The number of aliphatic carboxylic acids is 1. The van der Waals surface area contributed by atoms with Crippen molar-refractivity contribution in [2.24, 2.45) is 0 Å². The van der Waals surface area contributed by atoms with Crippen LogP contribution in [-0.2, 0) is 15.7 Å². The fourth-order valence-corrected chi connectivity index (χ4v) is 3.74. The molecule has 2 aromatic heterocycles. The van der Waals surface area contributed by atoms with Crippen molar-refractivity contribution < 1.29 is 32.6 Å². The molecule has 25 heavy (non-hydrogen) atoms. The van der Waals surface area contributed by atoms with Gasteiger partial charge < -0.3 is 14.7 Å². The number of hydrogen-bond donors (Lipinski definition) is 1. The normalized spacial score (nSPS) is 18.6. The van der Waals surface area contributed by atoms with Crippen LogP contribution in [0.4, 0.5) is 13.2 Å². The SMILES string of the molecule is Cc1c(C(=O)N2CCOC(C(=O)O)C2)sc2nc(C(F)(F)F)ccc12. The fraction of sp³-hybridized carbons (Fsp3) is 0.400. The Morgan fingerprint density at radius 1 is 1.40 bits per heavy atom. The van der Waals surface area contributed by atoms with Gasteiger partial charge in [-0.2, -0.15) is 13.2 Å². The van der Waals surface area contributed by atoms with Gasteiger partial charge in [0, 0.05) is 11.9 Å². The first-order chi connectivity index (χ1) is 11.7. The van der Waals surface area contributed by atoms with E-state index in [0.29, 0.717) is 10.9 Å². The van der Waals surface area contributed by atoms with E-state index >= 15 is 0 Å². The highest BCUT2D eigenvalue weighted by atomic mass is 32.1. The molecule has 1 fully saturated rings. The number of aromatic nitrogens is 1. The standard InChI is InChI=1S/C15H13F3N2O4S/c1-7-8-2-3-10(15(16,17)18)19-12(8)25-11(7)13(21)20-4-5-24-9(6-20)14(22)23/h2-3,9H,4-6H2,1H3,(H,22,23). The molecule has 2 aromatic rings. The minimum Gasteiger partial charge on any atom is -0.479 e. The molecule has 1 saturated heterocycles. The molecule has 6 nitrogen and oxygen atoms in total. The topological polar surface area (TPSA) is 79.7 Å². The molecule has 1 aliphatic rings. The Balaban J connectivity index is 1.94. The lowest BCUT2D eigenvalue weighted by Gasteiger charge is -2.30. The van der Waals surface area contributed by atoms with Crippen molar-refractivity contribution in [3.63, 3.8) is 0 Å². The third-order valence-corrected chi connectivity index (χ3v) is 5.11. The lowest BCUT2D eigenvalue weighted by Crippen LogP contribution is -2.48. The van der Waals surface area contributed by atoms with Gasteiger partial charge in [-0.1, -0.05) is 0 Å². The lowest BCUT2D eigenvalue weighted by molar-refractivity contribution is -0.154. The average Bonchev–Trinajstić information content (AvgIpc) is 2.90. The van der Waals surface area contributed by atoms with Gasteiger partial charge in [0.2, 0.25) is 0 Å². The van der Waals surface area contributed by atoms with Crippen molar-refractivity contribution >= 4 is 33.4 Å². The Morgan fingerprint density at radius 3 is 2.76 bits per heavy atom. The van der Waals surface area contributed by atoms with Gasteiger partial charge in [0.15, 0.2) is 6.10 Å². The van der Waals surface area contributed by atoms with Crippen molar-refractivity contribution in [2.45, 2.75) is 19.2 Å². The number of aryl methyl sites for hydroxylation is 1. The molecule has 1 atom stereocenters. The van der Waals surface area contributed by atoms with E-state index in [1.165, 1.54) is 11.0 Å². The van der Waals surface area contributed by atoms with E-state index < -0.39 is 29.9 Å². The van der Waals surface area contributed by atoms with Crippen molar-refractivity contribution in [1.82, 2.24) is 9.88 Å². The summed E-state index contributed by atoms with van der Waals surface area (Å²) in [7, 11) is 0. The number of thiophene rings is 1. The second-order valence-electron chi connectivity index (χ2n) is 5.55. The first kappa shape index (κ1) is 17.6. The number of fused-ring (bicyclic) bond motifs is 1. The van der Waals surface area contributed by atoms with Gasteiger partial charge in [-0.3, -0.25) is 4.79 Å². The van der Waals surface area contributed by atoms with Crippen LogP contribution in [0.25, 0.3) is 10.2 Å². The molecular weight excluding hydrogens is 361 g/mol. The first-order valence-electron chi connectivity index (χ1n) is 7.29. The first-order valence-corrected chi connectivity index (χ1v) is 8.11. The van der Waals surface area contributed by atoms with Crippen LogP contribution >= 0.6 is 11.3 Å². The Bertz CT molecular complexity index is 849. The van der Waals surface area contributed by atoms with Gasteiger partial charge in [0.05, 0.1) is 18.0 Å². The lowest BCUT2D eigenvalue weighted by atomic mass is 10.1. The molecule has 1 amide bonds. The molecule has 1 unspecified atom stereocenters. The summed E-state index contributed by atoms with van der Waals surface area (Å²) in [5, 5.41) is 9.48. The summed E-state index contributed by atoms with van der Waals surface area (Å²) in [5.41, 5.74) is -0.484. The van der Waals surface area contributed by atoms with Gasteiger partial charge in [0.25, 0.3) is 5.91 Å². The Labute approximate surface area is 143 Å². The van der Waals surface area contributed by atoms with E-state index in [2.05, 4.69) is 4.98 Å². The zero-order valence-electron chi connectivity index (χ0n) is 13.0.